The fourth-order valence-corrected chi connectivity index (χ4v) is 0.977. The minimum absolute atomic E-state index is 0. The van der Waals surface area contributed by atoms with Crippen molar-refractivity contribution in [3.63, 3.8) is 0 Å². The molecule has 0 radical (unpaired) electrons. The second kappa shape index (κ2) is 5.62. The van der Waals surface area contributed by atoms with E-state index in [0.29, 0.717) is 5.02 Å². The highest BCUT2D eigenvalue weighted by atomic mass is 35.5. The lowest BCUT2D eigenvalue weighted by Gasteiger charge is -1.92. The Labute approximate surface area is 87.2 Å². The Bertz CT molecular complexity index is 321. The highest BCUT2D eigenvalue weighted by molar-refractivity contribution is 6.30. The number of halogens is 2. The number of hydrogen-bond acceptors (Lipinski definition) is 1. The van der Waals surface area contributed by atoms with Gasteiger partial charge >= 0.3 is 5.97 Å². The van der Waals surface area contributed by atoms with Gasteiger partial charge in [0.05, 0.1) is 0 Å². The van der Waals surface area contributed by atoms with Crippen molar-refractivity contribution in [3.8, 4) is 0 Å². The number of hydrogen-bond donors (Lipinski definition) is 1. The molecule has 0 atom stereocenters. The molecule has 0 aliphatic rings. The molecule has 4 heteroatoms. The SMILES string of the molecule is Cl.O=C(O)C=Cc1cccc(Cl)c1. The van der Waals surface area contributed by atoms with E-state index >= 15 is 0 Å². The second-order valence-electron chi connectivity index (χ2n) is 2.23. The zero-order valence-electron chi connectivity index (χ0n) is 6.61. The van der Waals surface area contributed by atoms with E-state index in [4.69, 9.17) is 16.7 Å². The second-order valence-corrected chi connectivity index (χ2v) is 2.66. The Hall–Kier alpha value is -0.990. The average Bonchev–Trinajstić information content (AvgIpc) is 2.01. The highest BCUT2D eigenvalue weighted by Crippen LogP contribution is 2.11. The summed E-state index contributed by atoms with van der Waals surface area (Å²) in [5.41, 5.74) is 0.782. The van der Waals surface area contributed by atoms with Crippen molar-refractivity contribution in [1.82, 2.24) is 0 Å². The van der Waals surface area contributed by atoms with Gasteiger partial charge in [-0.3, -0.25) is 0 Å². The van der Waals surface area contributed by atoms with Gasteiger partial charge in [0.15, 0.2) is 0 Å². The number of carboxylic acid groups (broad SMARTS) is 1. The Morgan fingerprint density at radius 1 is 1.46 bits per heavy atom. The lowest BCUT2D eigenvalue weighted by Crippen LogP contribution is -1.85. The van der Waals surface area contributed by atoms with Gasteiger partial charge in [0.1, 0.15) is 0 Å². The van der Waals surface area contributed by atoms with E-state index < -0.39 is 5.97 Å². The fraction of sp³-hybridized carbons (Fsp3) is 0. The number of carboxylic acids is 1. The van der Waals surface area contributed by atoms with Crippen molar-refractivity contribution < 1.29 is 9.90 Å². The minimum atomic E-state index is -0.963. The Morgan fingerprint density at radius 3 is 2.69 bits per heavy atom. The maximum atomic E-state index is 10.1. The summed E-state index contributed by atoms with van der Waals surface area (Å²) >= 11 is 5.68. The molecule has 1 aromatic carbocycles. The first-order valence-electron chi connectivity index (χ1n) is 3.35. The van der Waals surface area contributed by atoms with E-state index in [1.165, 1.54) is 6.08 Å². The molecule has 2 nitrogen and oxygen atoms in total. The van der Waals surface area contributed by atoms with E-state index in [1.807, 2.05) is 0 Å². The maximum absolute atomic E-state index is 10.1. The molecule has 70 valence electrons. The molecule has 0 aliphatic heterocycles. The summed E-state index contributed by atoms with van der Waals surface area (Å²) < 4.78 is 0. The molecule has 1 N–H and O–H groups in total. The molecule has 0 saturated carbocycles. The first-order chi connectivity index (χ1) is 5.68. The summed E-state index contributed by atoms with van der Waals surface area (Å²) in [6, 6.07) is 6.98. The van der Waals surface area contributed by atoms with Gasteiger partial charge in [-0.2, -0.15) is 0 Å². The zero-order valence-corrected chi connectivity index (χ0v) is 8.18. The summed E-state index contributed by atoms with van der Waals surface area (Å²) in [5, 5.41) is 8.92. The van der Waals surface area contributed by atoms with Crippen molar-refractivity contribution in [1.29, 1.82) is 0 Å². The van der Waals surface area contributed by atoms with E-state index in [2.05, 4.69) is 0 Å². The van der Waals surface area contributed by atoms with E-state index in [-0.39, 0.29) is 12.4 Å². The standard InChI is InChI=1S/C9H7ClO2.ClH/c10-8-3-1-2-7(6-8)4-5-9(11)12;/h1-6H,(H,11,12);1H. The van der Waals surface area contributed by atoms with Crippen LogP contribution in [0.3, 0.4) is 0 Å². The molecule has 1 rings (SSSR count). The third kappa shape index (κ3) is 4.55. The van der Waals surface area contributed by atoms with E-state index in [1.54, 1.807) is 24.3 Å². The van der Waals surface area contributed by atoms with Gasteiger partial charge < -0.3 is 5.11 Å². The molecule has 0 aliphatic carbocycles. The van der Waals surface area contributed by atoms with Gasteiger partial charge in [-0.25, -0.2) is 4.79 Å². The molecule has 0 amide bonds. The van der Waals surface area contributed by atoms with Crippen LogP contribution < -0.4 is 0 Å². The summed E-state index contributed by atoms with van der Waals surface area (Å²) in [4.78, 5) is 10.1. The molecule has 13 heavy (non-hydrogen) atoms. The van der Waals surface area contributed by atoms with Crippen molar-refractivity contribution >= 4 is 36.1 Å². The highest BCUT2D eigenvalue weighted by Gasteiger charge is 1.90. The maximum Gasteiger partial charge on any atom is 0.328 e. The van der Waals surface area contributed by atoms with Crippen LogP contribution in [0, 0.1) is 0 Å². The minimum Gasteiger partial charge on any atom is -0.478 e. The molecule has 0 bridgehead atoms. The lowest BCUT2D eigenvalue weighted by atomic mass is 10.2. The molecule has 1 aromatic rings. The third-order valence-electron chi connectivity index (χ3n) is 1.27. The quantitative estimate of drug-likeness (QED) is 0.776. The molecule has 0 fully saturated rings. The summed E-state index contributed by atoms with van der Waals surface area (Å²) in [6.45, 7) is 0. The molecule has 0 unspecified atom stereocenters. The zero-order chi connectivity index (χ0) is 8.97. The summed E-state index contributed by atoms with van der Waals surface area (Å²) in [7, 11) is 0. The number of aliphatic carboxylic acids is 1. The van der Waals surface area contributed by atoms with Crippen LogP contribution in [0.25, 0.3) is 6.08 Å². The van der Waals surface area contributed by atoms with Crippen molar-refractivity contribution in [2.45, 2.75) is 0 Å². The van der Waals surface area contributed by atoms with Gasteiger partial charge in [0.2, 0.25) is 0 Å². The molecule has 0 saturated heterocycles. The number of carbonyl (C=O) groups is 1. The van der Waals surface area contributed by atoms with Crippen LogP contribution >= 0.6 is 24.0 Å². The largest absolute Gasteiger partial charge is 0.478 e. The first-order valence-corrected chi connectivity index (χ1v) is 3.73. The fourth-order valence-electron chi connectivity index (χ4n) is 0.778. The smallest absolute Gasteiger partial charge is 0.328 e. The Morgan fingerprint density at radius 2 is 2.15 bits per heavy atom. The summed E-state index contributed by atoms with van der Waals surface area (Å²) in [6.07, 6.45) is 2.57. The predicted octanol–water partition coefficient (Wildman–Crippen LogP) is 2.86. The van der Waals surface area contributed by atoms with Crippen molar-refractivity contribution in [3.05, 3.63) is 40.9 Å². The third-order valence-corrected chi connectivity index (χ3v) is 1.50. The van der Waals surface area contributed by atoms with Gasteiger partial charge in [-0.15, -0.1) is 12.4 Å². The van der Waals surface area contributed by atoms with E-state index in [9.17, 15) is 4.79 Å². The van der Waals surface area contributed by atoms with E-state index in [0.717, 1.165) is 11.6 Å². The Kier molecular flexibility index (Phi) is 5.19. The van der Waals surface area contributed by atoms with Gasteiger partial charge in [-0.05, 0) is 23.8 Å². The monoisotopic (exact) mass is 218 g/mol. The topological polar surface area (TPSA) is 37.3 Å². The molecule has 0 spiro atoms. The summed E-state index contributed by atoms with van der Waals surface area (Å²) in [5.74, 6) is -0.963. The lowest BCUT2D eigenvalue weighted by molar-refractivity contribution is -0.131. The van der Waals surface area contributed by atoms with Gasteiger partial charge in [0, 0.05) is 11.1 Å². The molecular weight excluding hydrogens is 211 g/mol. The number of benzene rings is 1. The van der Waals surface area contributed by atoms with Crippen LogP contribution in [-0.2, 0) is 4.79 Å². The van der Waals surface area contributed by atoms with Crippen LogP contribution in [-0.4, -0.2) is 11.1 Å². The van der Waals surface area contributed by atoms with Crippen molar-refractivity contribution in [2.75, 3.05) is 0 Å². The molecular formula is C9H8Cl2O2. The first kappa shape index (κ1) is 12.0. The predicted molar refractivity (Wildman–Crippen MR) is 55.4 cm³/mol. The van der Waals surface area contributed by atoms with Crippen LogP contribution in [0.5, 0.6) is 0 Å². The van der Waals surface area contributed by atoms with Gasteiger partial charge in [-0.1, -0.05) is 23.7 Å². The van der Waals surface area contributed by atoms with Crippen LogP contribution in [0.15, 0.2) is 30.3 Å². The van der Waals surface area contributed by atoms with Crippen molar-refractivity contribution in [2.24, 2.45) is 0 Å². The Balaban J connectivity index is 0.00000144. The van der Waals surface area contributed by atoms with Crippen LogP contribution in [0.4, 0.5) is 0 Å². The number of rotatable bonds is 2. The normalized spacial score (nSPS) is 9.62. The van der Waals surface area contributed by atoms with Crippen LogP contribution in [0.1, 0.15) is 5.56 Å². The van der Waals surface area contributed by atoms with Crippen LogP contribution in [0.2, 0.25) is 5.02 Å². The van der Waals surface area contributed by atoms with Gasteiger partial charge in [0.25, 0.3) is 0 Å². The average molecular weight is 219 g/mol. The molecule has 0 heterocycles. The molecule has 0 aromatic heterocycles.